The monoisotopic (exact) mass is 405 g/mol. The van der Waals surface area contributed by atoms with Crippen molar-refractivity contribution in [1.82, 2.24) is 4.90 Å². The molecular weight excluding hydrogens is 374 g/mol. The molecule has 0 aromatic heterocycles. The Labute approximate surface area is 178 Å². The van der Waals surface area contributed by atoms with Crippen LogP contribution in [0.15, 0.2) is 48.5 Å². The van der Waals surface area contributed by atoms with Crippen molar-refractivity contribution in [3.05, 3.63) is 59.7 Å². The maximum Gasteiger partial charge on any atom is 0.410 e. The lowest BCUT2D eigenvalue weighted by molar-refractivity contribution is -0.0546. The summed E-state index contributed by atoms with van der Waals surface area (Å²) in [7, 11) is 0. The predicted octanol–water partition coefficient (Wildman–Crippen LogP) is 5.48. The molecule has 4 heteroatoms. The summed E-state index contributed by atoms with van der Waals surface area (Å²) in [6.45, 7) is 2.52. The zero-order chi connectivity index (χ0) is 20.7. The van der Waals surface area contributed by atoms with Crippen LogP contribution in [-0.4, -0.2) is 40.4 Å². The normalized spacial score (nSPS) is 27.1. The standard InChI is InChI=1S/C26H31NO3/c1-2-3-14-26(29)15-18-12-13-19(16-26)27(18)25(28)30-17-24-22-10-6-4-8-20(22)21-9-5-7-11-23(21)24/h4-11,18-19,24,29H,2-3,12-17H2,1H3. The average Bonchev–Trinajstić information content (AvgIpc) is 3.23. The number of carbonyl (C=O) groups is 1. The molecule has 3 aliphatic rings. The van der Waals surface area contributed by atoms with Crippen LogP contribution in [0.2, 0.25) is 0 Å². The Morgan fingerprint density at radius 2 is 1.60 bits per heavy atom. The second kappa shape index (κ2) is 7.73. The number of benzene rings is 2. The predicted molar refractivity (Wildman–Crippen MR) is 117 cm³/mol. The van der Waals surface area contributed by atoms with E-state index in [1.165, 1.54) is 22.3 Å². The number of rotatable bonds is 5. The highest BCUT2D eigenvalue weighted by Gasteiger charge is 2.49. The molecule has 2 aromatic carbocycles. The van der Waals surface area contributed by atoms with Crippen molar-refractivity contribution in [3.63, 3.8) is 0 Å². The topological polar surface area (TPSA) is 49.8 Å². The van der Waals surface area contributed by atoms with E-state index in [4.69, 9.17) is 4.74 Å². The van der Waals surface area contributed by atoms with E-state index in [-0.39, 0.29) is 24.1 Å². The fourth-order valence-electron chi connectivity index (χ4n) is 6.00. The number of unbranched alkanes of at least 4 members (excludes halogenated alkanes) is 1. The van der Waals surface area contributed by atoms with Crippen LogP contribution in [0.4, 0.5) is 4.79 Å². The molecule has 2 aromatic rings. The van der Waals surface area contributed by atoms with Gasteiger partial charge < -0.3 is 14.7 Å². The zero-order valence-electron chi connectivity index (χ0n) is 17.7. The molecule has 2 saturated heterocycles. The van der Waals surface area contributed by atoms with E-state index in [9.17, 15) is 9.90 Å². The molecule has 2 atom stereocenters. The van der Waals surface area contributed by atoms with Gasteiger partial charge in [0, 0.05) is 18.0 Å². The van der Waals surface area contributed by atoms with Gasteiger partial charge in [0.2, 0.25) is 0 Å². The second-order valence-corrected chi connectivity index (χ2v) is 9.33. The highest BCUT2D eigenvalue weighted by molar-refractivity contribution is 5.79. The van der Waals surface area contributed by atoms with E-state index in [0.29, 0.717) is 19.4 Å². The first-order valence-corrected chi connectivity index (χ1v) is 11.5. The van der Waals surface area contributed by atoms with Gasteiger partial charge in [-0.15, -0.1) is 0 Å². The van der Waals surface area contributed by atoms with E-state index in [0.717, 1.165) is 32.1 Å². The van der Waals surface area contributed by atoms with Gasteiger partial charge in [-0.05, 0) is 54.4 Å². The van der Waals surface area contributed by atoms with Gasteiger partial charge in [-0.25, -0.2) is 4.79 Å². The maximum atomic E-state index is 13.1. The lowest BCUT2D eigenvalue weighted by Gasteiger charge is -2.43. The van der Waals surface area contributed by atoms with Crippen molar-refractivity contribution in [3.8, 4) is 11.1 Å². The molecule has 30 heavy (non-hydrogen) atoms. The summed E-state index contributed by atoms with van der Waals surface area (Å²) in [5, 5.41) is 11.0. The van der Waals surface area contributed by atoms with E-state index in [1.807, 2.05) is 4.90 Å². The van der Waals surface area contributed by atoms with Crippen molar-refractivity contribution >= 4 is 6.09 Å². The number of piperidine rings is 1. The van der Waals surface area contributed by atoms with Gasteiger partial charge >= 0.3 is 6.09 Å². The summed E-state index contributed by atoms with van der Waals surface area (Å²) < 4.78 is 5.91. The van der Waals surface area contributed by atoms with Gasteiger partial charge in [-0.2, -0.15) is 0 Å². The van der Waals surface area contributed by atoms with E-state index >= 15 is 0 Å². The molecule has 1 aliphatic carbocycles. The van der Waals surface area contributed by atoms with Crippen LogP contribution in [0.3, 0.4) is 0 Å². The van der Waals surface area contributed by atoms with Gasteiger partial charge in [0.05, 0.1) is 5.60 Å². The zero-order valence-corrected chi connectivity index (χ0v) is 17.7. The average molecular weight is 406 g/mol. The SMILES string of the molecule is CCCCC1(O)CC2CCC(C1)N2C(=O)OCC1c2ccccc2-c2ccccc21. The first-order valence-electron chi connectivity index (χ1n) is 11.5. The Hall–Kier alpha value is -2.33. The molecule has 0 spiro atoms. The van der Waals surface area contributed by atoms with Crippen LogP contribution in [0.25, 0.3) is 11.1 Å². The minimum atomic E-state index is -0.609. The molecule has 0 saturated carbocycles. The first kappa shape index (κ1) is 19.6. The Bertz CT molecular complexity index is 880. The molecular formula is C26H31NO3. The number of ether oxygens (including phenoxy) is 1. The Balaban J connectivity index is 1.29. The number of fused-ring (bicyclic) bond motifs is 5. The number of aliphatic hydroxyl groups is 1. The summed E-state index contributed by atoms with van der Waals surface area (Å²) in [5.74, 6) is 0.0882. The second-order valence-electron chi connectivity index (χ2n) is 9.33. The van der Waals surface area contributed by atoms with Crippen molar-refractivity contribution in [2.75, 3.05) is 6.61 Å². The highest BCUT2D eigenvalue weighted by Crippen LogP contribution is 2.46. The summed E-state index contributed by atoms with van der Waals surface area (Å²) in [6, 6.07) is 17.1. The minimum Gasteiger partial charge on any atom is -0.448 e. The molecule has 2 aliphatic heterocycles. The lowest BCUT2D eigenvalue weighted by Crippen LogP contribution is -2.53. The Kier molecular flexibility index (Phi) is 5.06. The fraction of sp³-hybridized carbons (Fsp3) is 0.500. The summed E-state index contributed by atoms with van der Waals surface area (Å²) in [6.07, 6.45) is 6.10. The fourth-order valence-corrected chi connectivity index (χ4v) is 6.00. The Morgan fingerprint density at radius 1 is 1.03 bits per heavy atom. The summed E-state index contributed by atoms with van der Waals surface area (Å²) >= 11 is 0. The van der Waals surface area contributed by atoms with E-state index < -0.39 is 5.60 Å². The van der Waals surface area contributed by atoms with Crippen LogP contribution in [-0.2, 0) is 4.74 Å². The molecule has 1 amide bonds. The summed E-state index contributed by atoms with van der Waals surface area (Å²) in [4.78, 5) is 15.0. The van der Waals surface area contributed by atoms with E-state index in [1.54, 1.807) is 0 Å². The molecule has 1 N–H and O–H groups in total. The first-order chi connectivity index (χ1) is 14.6. The smallest absolute Gasteiger partial charge is 0.410 e. The van der Waals surface area contributed by atoms with Gasteiger partial charge in [0.25, 0.3) is 0 Å². The van der Waals surface area contributed by atoms with Gasteiger partial charge in [-0.1, -0.05) is 68.3 Å². The molecule has 4 nitrogen and oxygen atoms in total. The lowest BCUT2D eigenvalue weighted by atomic mass is 9.82. The van der Waals surface area contributed by atoms with Gasteiger partial charge in [-0.3, -0.25) is 0 Å². The Morgan fingerprint density at radius 3 is 2.17 bits per heavy atom. The summed E-state index contributed by atoms with van der Waals surface area (Å²) in [5.41, 5.74) is 4.35. The molecule has 5 rings (SSSR count). The van der Waals surface area contributed by atoms with Crippen molar-refractivity contribution in [1.29, 1.82) is 0 Å². The molecule has 158 valence electrons. The third-order valence-corrected chi connectivity index (χ3v) is 7.39. The quantitative estimate of drug-likeness (QED) is 0.716. The maximum absolute atomic E-state index is 13.1. The van der Waals surface area contributed by atoms with Crippen LogP contribution in [0, 0.1) is 0 Å². The largest absolute Gasteiger partial charge is 0.448 e. The molecule has 0 radical (unpaired) electrons. The minimum absolute atomic E-state index is 0.0882. The van der Waals surface area contributed by atoms with Crippen molar-refractivity contribution < 1.29 is 14.6 Å². The molecule has 2 bridgehead atoms. The third kappa shape index (κ3) is 3.31. The number of hydrogen-bond donors (Lipinski definition) is 1. The van der Waals surface area contributed by atoms with Crippen LogP contribution in [0.1, 0.15) is 68.9 Å². The number of carbonyl (C=O) groups excluding carboxylic acids is 1. The molecule has 2 unspecified atom stereocenters. The highest BCUT2D eigenvalue weighted by atomic mass is 16.6. The van der Waals surface area contributed by atoms with Crippen LogP contribution in [0.5, 0.6) is 0 Å². The van der Waals surface area contributed by atoms with Gasteiger partial charge in [0.1, 0.15) is 6.61 Å². The number of nitrogens with zero attached hydrogens (tertiary/aromatic N) is 1. The van der Waals surface area contributed by atoms with Crippen molar-refractivity contribution in [2.24, 2.45) is 0 Å². The van der Waals surface area contributed by atoms with Gasteiger partial charge in [0.15, 0.2) is 0 Å². The van der Waals surface area contributed by atoms with Crippen LogP contribution < -0.4 is 0 Å². The molecule has 2 heterocycles. The number of amides is 1. The van der Waals surface area contributed by atoms with Crippen LogP contribution >= 0.6 is 0 Å². The number of hydrogen-bond acceptors (Lipinski definition) is 3. The third-order valence-electron chi connectivity index (χ3n) is 7.39. The van der Waals surface area contributed by atoms with Crippen molar-refractivity contribution in [2.45, 2.75) is 75.5 Å². The van der Waals surface area contributed by atoms with E-state index in [2.05, 4.69) is 55.5 Å². The molecule has 2 fully saturated rings.